The molecule has 1 aromatic heterocycles. The van der Waals surface area contributed by atoms with Gasteiger partial charge in [0.05, 0.1) is 6.20 Å². The van der Waals surface area contributed by atoms with Crippen LogP contribution in [0.3, 0.4) is 0 Å². The Kier molecular flexibility index (Phi) is 4.24. The third-order valence-corrected chi connectivity index (χ3v) is 4.35. The number of amidine groups is 1. The number of oxime groups is 1. The van der Waals surface area contributed by atoms with Crippen LogP contribution in [0.15, 0.2) is 46.7 Å². The highest BCUT2D eigenvalue weighted by molar-refractivity contribution is 7.89. The Hall–Kier alpha value is -2.39. The first-order valence-electron chi connectivity index (χ1n) is 5.98. The van der Waals surface area contributed by atoms with Crippen molar-refractivity contribution in [3.8, 4) is 0 Å². The van der Waals surface area contributed by atoms with Crippen LogP contribution >= 0.6 is 0 Å². The lowest BCUT2D eigenvalue weighted by Crippen LogP contribution is -2.25. The van der Waals surface area contributed by atoms with E-state index in [1.54, 1.807) is 31.3 Å². The van der Waals surface area contributed by atoms with Crippen LogP contribution in [0.25, 0.3) is 0 Å². The lowest BCUT2D eigenvalue weighted by Gasteiger charge is -2.07. The Morgan fingerprint density at radius 2 is 2.05 bits per heavy atom. The number of nitrogens with one attached hydrogen (secondary N) is 1. The summed E-state index contributed by atoms with van der Waals surface area (Å²) >= 11 is 0. The van der Waals surface area contributed by atoms with Crippen LogP contribution in [0.5, 0.6) is 0 Å². The van der Waals surface area contributed by atoms with Gasteiger partial charge >= 0.3 is 0 Å². The quantitative estimate of drug-likeness (QED) is 0.310. The topological polar surface area (TPSA) is 123 Å². The predicted molar refractivity (Wildman–Crippen MR) is 76.2 cm³/mol. The molecular formula is C12H15N5O3S. The highest BCUT2D eigenvalue weighted by Gasteiger charge is 2.17. The molecule has 1 heterocycles. The van der Waals surface area contributed by atoms with E-state index >= 15 is 0 Å². The molecule has 0 fully saturated rings. The van der Waals surface area contributed by atoms with Gasteiger partial charge in [0.1, 0.15) is 0 Å². The standard InChI is InChI=1S/C12H15N5O3S/c1-17-11(6-7-14-17)21(19,20)15-8-9-2-4-10(5-3-9)12(13)16-18/h2-7,15,18H,8H2,1H3,(H2,13,16). The van der Waals surface area contributed by atoms with E-state index < -0.39 is 10.0 Å². The summed E-state index contributed by atoms with van der Waals surface area (Å²) in [6.45, 7) is 0.129. The Balaban J connectivity index is 2.08. The minimum Gasteiger partial charge on any atom is -0.409 e. The average Bonchev–Trinajstić information content (AvgIpc) is 2.92. The van der Waals surface area contributed by atoms with E-state index in [4.69, 9.17) is 10.9 Å². The molecule has 0 aliphatic rings. The molecule has 0 unspecified atom stereocenters. The number of rotatable bonds is 5. The zero-order valence-corrected chi connectivity index (χ0v) is 12.1. The molecule has 8 nitrogen and oxygen atoms in total. The number of nitrogens with zero attached hydrogens (tertiary/aromatic N) is 3. The third-order valence-electron chi connectivity index (χ3n) is 2.88. The highest BCUT2D eigenvalue weighted by atomic mass is 32.2. The van der Waals surface area contributed by atoms with E-state index in [-0.39, 0.29) is 17.4 Å². The predicted octanol–water partition coefficient (Wildman–Crippen LogP) is -0.00690. The molecule has 1 aromatic carbocycles. The van der Waals surface area contributed by atoms with Crippen LogP contribution in [0, 0.1) is 0 Å². The lowest BCUT2D eigenvalue weighted by molar-refractivity contribution is 0.318. The molecule has 0 saturated carbocycles. The van der Waals surface area contributed by atoms with Gasteiger partial charge in [-0.25, -0.2) is 13.1 Å². The van der Waals surface area contributed by atoms with Crippen LogP contribution in [0.4, 0.5) is 0 Å². The molecule has 0 bridgehead atoms. The number of benzene rings is 1. The maximum atomic E-state index is 12.1. The van der Waals surface area contributed by atoms with Crippen molar-refractivity contribution in [3.05, 3.63) is 47.7 Å². The number of hydrogen-bond donors (Lipinski definition) is 3. The summed E-state index contributed by atoms with van der Waals surface area (Å²) in [6, 6.07) is 8.09. The number of aryl methyl sites for hydroxylation is 1. The molecule has 0 spiro atoms. The van der Waals surface area contributed by atoms with Gasteiger partial charge in [-0.2, -0.15) is 5.10 Å². The van der Waals surface area contributed by atoms with Crippen molar-refractivity contribution in [2.24, 2.45) is 17.9 Å². The zero-order chi connectivity index (χ0) is 15.5. The SMILES string of the molecule is Cn1nccc1S(=O)(=O)NCc1ccc(/C(N)=N/O)cc1. The van der Waals surface area contributed by atoms with Crippen LogP contribution in [-0.4, -0.2) is 29.2 Å². The number of aromatic nitrogens is 2. The van der Waals surface area contributed by atoms with Gasteiger partial charge in [0.25, 0.3) is 10.0 Å². The monoisotopic (exact) mass is 309 g/mol. The Morgan fingerprint density at radius 1 is 1.38 bits per heavy atom. The molecule has 0 aliphatic heterocycles. The summed E-state index contributed by atoms with van der Waals surface area (Å²) in [4.78, 5) is 0. The van der Waals surface area contributed by atoms with Gasteiger partial charge in [-0.3, -0.25) is 4.68 Å². The van der Waals surface area contributed by atoms with E-state index in [1.807, 2.05) is 0 Å². The first-order valence-corrected chi connectivity index (χ1v) is 7.47. The Morgan fingerprint density at radius 3 is 2.57 bits per heavy atom. The molecular weight excluding hydrogens is 294 g/mol. The summed E-state index contributed by atoms with van der Waals surface area (Å²) in [5.41, 5.74) is 6.74. The maximum Gasteiger partial charge on any atom is 0.258 e. The first kappa shape index (κ1) is 15.0. The van der Waals surface area contributed by atoms with Gasteiger partial charge in [-0.05, 0) is 11.6 Å². The number of hydrogen-bond acceptors (Lipinski definition) is 5. The molecule has 112 valence electrons. The van der Waals surface area contributed by atoms with Crippen molar-refractivity contribution in [1.82, 2.24) is 14.5 Å². The largest absolute Gasteiger partial charge is 0.409 e. The van der Waals surface area contributed by atoms with Gasteiger partial charge in [0, 0.05) is 19.2 Å². The van der Waals surface area contributed by atoms with Gasteiger partial charge in [-0.15, -0.1) is 0 Å². The van der Waals surface area contributed by atoms with Crippen LogP contribution in [-0.2, 0) is 23.6 Å². The highest BCUT2D eigenvalue weighted by Crippen LogP contribution is 2.09. The number of nitrogens with two attached hydrogens (primary N) is 1. The van der Waals surface area contributed by atoms with E-state index in [2.05, 4.69) is 15.0 Å². The van der Waals surface area contributed by atoms with Gasteiger partial charge in [0.2, 0.25) is 0 Å². The summed E-state index contributed by atoms with van der Waals surface area (Å²) < 4.78 is 27.9. The molecule has 0 atom stereocenters. The van der Waals surface area contributed by atoms with E-state index in [0.29, 0.717) is 5.56 Å². The minimum atomic E-state index is -3.61. The molecule has 21 heavy (non-hydrogen) atoms. The lowest BCUT2D eigenvalue weighted by atomic mass is 10.1. The summed E-state index contributed by atoms with van der Waals surface area (Å²) in [6.07, 6.45) is 1.42. The second-order valence-corrected chi connectivity index (χ2v) is 6.01. The van der Waals surface area contributed by atoms with E-state index in [1.165, 1.54) is 16.9 Å². The summed E-state index contributed by atoms with van der Waals surface area (Å²) in [5, 5.41) is 15.4. The van der Waals surface area contributed by atoms with Crippen LogP contribution in [0.2, 0.25) is 0 Å². The second-order valence-electron chi connectivity index (χ2n) is 4.30. The average molecular weight is 309 g/mol. The smallest absolute Gasteiger partial charge is 0.258 e. The Bertz CT molecular complexity index is 749. The van der Waals surface area contributed by atoms with Crippen molar-refractivity contribution in [2.45, 2.75) is 11.6 Å². The summed E-state index contributed by atoms with van der Waals surface area (Å²) in [5.74, 6) is -0.00276. The Labute approximate surface area is 121 Å². The van der Waals surface area contributed by atoms with E-state index in [0.717, 1.165) is 5.56 Å². The third kappa shape index (κ3) is 3.38. The summed E-state index contributed by atoms with van der Waals surface area (Å²) in [7, 11) is -2.06. The first-order chi connectivity index (χ1) is 9.94. The molecule has 0 radical (unpaired) electrons. The fourth-order valence-corrected chi connectivity index (χ4v) is 2.87. The van der Waals surface area contributed by atoms with Crippen molar-refractivity contribution in [2.75, 3.05) is 0 Å². The maximum absolute atomic E-state index is 12.1. The van der Waals surface area contributed by atoms with Gasteiger partial charge < -0.3 is 10.9 Å². The fraction of sp³-hybridized carbons (Fsp3) is 0.167. The normalized spacial score (nSPS) is 12.5. The van der Waals surface area contributed by atoms with Crippen molar-refractivity contribution in [3.63, 3.8) is 0 Å². The van der Waals surface area contributed by atoms with Crippen molar-refractivity contribution >= 4 is 15.9 Å². The van der Waals surface area contributed by atoms with Gasteiger partial charge in [0.15, 0.2) is 10.9 Å². The second kappa shape index (κ2) is 5.94. The molecule has 0 saturated heterocycles. The molecule has 0 aliphatic carbocycles. The molecule has 9 heteroatoms. The van der Waals surface area contributed by atoms with Crippen molar-refractivity contribution < 1.29 is 13.6 Å². The van der Waals surface area contributed by atoms with Crippen LogP contribution < -0.4 is 10.5 Å². The molecule has 4 N–H and O–H groups in total. The minimum absolute atomic E-state index is 0.00276. The molecule has 0 amide bonds. The van der Waals surface area contributed by atoms with Crippen molar-refractivity contribution in [1.29, 1.82) is 0 Å². The molecule has 2 aromatic rings. The fourth-order valence-electron chi connectivity index (χ4n) is 1.73. The van der Waals surface area contributed by atoms with E-state index in [9.17, 15) is 8.42 Å². The molecule has 2 rings (SSSR count). The van der Waals surface area contributed by atoms with Crippen LogP contribution in [0.1, 0.15) is 11.1 Å². The van der Waals surface area contributed by atoms with Gasteiger partial charge in [-0.1, -0.05) is 29.4 Å². The number of sulfonamides is 1. The zero-order valence-electron chi connectivity index (χ0n) is 11.3.